The van der Waals surface area contributed by atoms with E-state index in [0.29, 0.717) is 18.1 Å². The molecule has 2 aromatic rings. The Kier molecular flexibility index (Phi) is 3.33. The maximum Gasteiger partial charge on any atom is 0.161 e. The Bertz CT molecular complexity index is 446. The van der Waals surface area contributed by atoms with Crippen molar-refractivity contribution in [3.05, 3.63) is 48.3 Å². The lowest BCUT2D eigenvalue weighted by molar-refractivity contribution is 0.279. The molecular formula is C12H11N2O2. The van der Waals surface area contributed by atoms with Crippen molar-refractivity contribution in [2.45, 2.75) is 6.61 Å². The number of rotatable bonds is 4. The van der Waals surface area contributed by atoms with Crippen LogP contribution in [0.25, 0.3) is 0 Å². The molecule has 0 saturated carbocycles. The van der Waals surface area contributed by atoms with Gasteiger partial charge >= 0.3 is 0 Å². The minimum Gasteiger partial charge on any atom is -0.493 e. The van der Waals surface area contributed by atoms with Gasteiger partial charge in [0.1, 0.15) is 12.3 Å². The summed E-state index contributed by atoms with van der Waals surface area (Å²) in [5, 5.41) is 7.70. The van der Waals surface area contributed by atoms with Crippen LogP contribution in [0.5, 0.6) is 11.5 Å². The molecule has 2 rings (SSSR count). The minimum absolute atomic E-state index is 0.369. The molecule has 1 radical (unpaired) electrons. The number of nitrogens with zero attached hydrogens (tertiary/aromatic N) is 2. The van der Waals surface area contributed by atoms with Crippen molar-refractivity contribution in [3.8, 4) is 11.5 Å². The fourth-order valence-electron chi connectivity index (χ4n) is 1.24. The molecule has 0 aliphatic rings. The average Bonchev–Trinajstić information content (AvgIpc) is 2.38. The third kappa shape index (κ3) is 2.48. The van der Waals surface area contributed by atoms with E-state index in [0.717, 1.165) is 5.69 Å². The first kappa shape index (κ1) is 10.4. The van der Waals surface area contributed by atoms with Crippen molar-refractivity contribution in [3.63, 3.8) is 0 Å². The second-order valence-corrected chi connectivity index (χ2v) is 3.08. The van der Waals surface area contributed by atoms with E-state index in [-0.39, 0.29) is 0 Å². The summed E-state index contributed by atoms with van der Waals surface area (Å²) in [6.07, 6.45) is 1.63. The summed E-state index contributed by atoms with van der Waals surface area (Å²) in [7, 11) is 1.60. The number of methoxy groups -OCH3 is 1. The van der Waals surface area contributed by atoms with Crippen LogP contribution in [-0.4, -0.2) is 17.3 Å². The predicted octanol–water partition coefficient (Wildman–Crippen LogP) is 1.86. The highest BCUT2D eigenvalue weighted by Gasteiger charge is 2.03. The Morgan fingerprint density at radius 2 is 2.25 bits per heavy atom. The summed E-state index contributed by atoms with van der Waals surface area (Å²) in [6.45, 7) is 0.369. The van der Waals surface area contributed by atoms with E-state index in [2.05, 4.69) is 16.3 Å². The first-order valence-corrected chi connectivity index (χ1v) is 4.83. The second kappa shape index (κ2) is 5.11. The predicted molar refractivity (Wildman–Crippen MR) is 58.2 cm³/mol. The van der Waals surface area contributed by atoms with Crippen molar-refractivity contribution < 1.29 is 9.47 Å². The van der Waals surface area contributed by atoms with Gasteiger partial charge in [-0.25, -0.2) is 0 Å². The molecule has 0 aliphatic carbocycles. The smallest absolute Gasteiger partial charge is 0.161 e. The van der Waals surface area contributed by atoms with Crippen LogP contribution >= 0.6 is 0 Å². The van der Waals surface area contributed by atoms with Crippen LogP contribution < -0.4 is 9.47 Å². The Balaban J connectivity index is 2.05. The lowest BCUT2D eigenvalue weighted by Gasteiger charge is -2.09. The molecule has 0 aliphatic heterocycles. The lowest BCUT2D eigenvalue weighted by atomic mass is 10.3. The van der Waals surface area contributed by atoms with E-state index in [1.165, 1.54) is 0 Å². The molecule has 0 fully saturated rings. The van der Waals surface area contributed by atoms with Gasteiger partial charge in [-0.05, 0) is 30.3 Å². The number of benzene rings is 1. The zero-order valence-corrected chi connectivity index (χ0v) is 8.88. The Morgan fingerprint density at radius 1 is 1.31 bits per heavy atom. The third-order valence-corrected chi connectivity index (χ3v) is 2.01. The number of hydrogen-bond donors (Lipinski definition) is 0. The highest BCUT2D eigenvalue weighted by atomic mass is 16.5. The van der Waals surface area contributed by atoms with Gasteiger partial charge in [0.2, 0.25) is 0 Å². The highest BCUT2D eigenvalue weighted by molar-refractivity contribution is 5.38. The summed E-state index contributed by atoms with van der Waals surface area (Å²) in [5.41, 5.74) is 0.775. The van der Waals surface area contributed by atoms with E-state index >= 15 is 0 Å². The molecule has 1 aromatic heterocycles. The van der Waals surface area contributed by atoms with Crippen LogP contribution in [0, 0.1) is 6.07 Å². The molecule has 81 valence electrons. The lowest BCUT2D eigenvalue weighted by Crippen LogP contribution is -2.00. The number of hydrogen-bond acceptors (Lipinski definition) is 4. The van der Waals surface area contributed by atoms with Crippen molar-refractivity contribution >= 4 is 0 Å². The van der Waals surface area contributed by atoms with Gasteiger partial charge in [-0.15, -0.1) is 0 Å². The topological polar surface area (TPSA) is 44.2 Å². The number of ether oxygens (including phenoxy) is 2. The van der Waals surface area contributed by atoms with E-state index in [1.54, 1.807) is 31.5 Å². The summed E-state index contributed by atoms with van der Waals surface area (Å²) >= 11 is 0. The minimum atomic E-state index is 0.369. The van der Waals surface area contributed by atoms with Crippen molar-refractivity contribution in [1.29, 1.82) is 0 Å². The van der Waals surface area contributed by atoms with Crippen molar-refractivity contribution in [2.24, 2.45) is 0 Å². The fraction of sp³-hybridized carbons (Fsp3) is 0.167. The molecular weight excluding hydrogens is 204 g/mol. The first-order valence-electron chi connectivity index (χ1n) is 4.83. The van der Waals surface area contributed by atoms with Gasteiger partial charge < -0.3 is 9.47 Å². The molecule has 0 unspecified atom stereocenters. The fourth-order valence-corrected chi connectivity index (χ4v) is 1.24. The van der Waals surface area contributed by atoms with Gasteiger partial charge in [0.05, 0.1) is 7.11 Å². The maximum absolute atomic E-state index is 5.57. The average molecular weight is 215 g/mol. The molecule has 0 atom stereocenters. The monoisotopic (exact) mass is 215 g/mol. The second-order valence-electron chi connectivity index (χ2n) is 3.08. The summed E-state index contributed by atoms with van der Waals surface area (Å²) in [5.74, 6) is 1.33. The van der Waals surface area contributed by atoms with Gasteiger partial charge in [0.15, 0.2) is 11.5 Å². The quantitative estimate of drug-likeness (QED) is 0.780. The van der Waals surface area contributed by atoms with Crippen LogP contribution in [0.4, 0.5) is 0 Å². The largest absolute Gasteiger partial charge is 0.493 e. The molecule has 0 saturated heterocycles. The summed E-state index contributed by atoms with van der Waals surface area (Å²) in [6, 6.07) is 11.9. The summed E-state index contributed by atoms with van der Waals surface area (Å²) < 4.78 is 10.7. The molecule has 4 heteroatoms. The Hall–Kier alpha value is -2.10. The van der Waals surface area contributed by atoms with Gasteiger partial charge in [0.25, 0.3) is 0 Å². The van der Waals surface area contributed by atoms with Crippen molar-refractivity contribution in [1.82, 2.24) is 10.2 Å². The van der Waals surface area contributed by atoms with Crippen LogP contribution in [0.1, 0.15) is 5.69 Å². The van der Waals surface area contributed by atoms with Crippen molar-refractivity contribution in [2.75, 3.05) is 7.11 Å². The molecule has 1 aromatic carbocycles. The van der Waals surface area contributed by atoms with E-state index in [9.17, 15) is 0 Å². The van der Waals surface area contributed by atoms with Gasteiger partial charge in [-0.1, -0.05) is 6.07 Å². The maximum atomic E-state index is 5.57. The molecule has 0 amide bonds. The SMILES string of the molecule is COc1c[c]ccc1OCc1cccnn1. The Labute approximate surface area is 93.9 Å². The zero-order chi connectivity index (χ0) is 11.2. The standard InChI is InChI=1S/C12H11N2O2/c1-15-11-6-2-3-7-12(11)16-9-10-5-4-8-13-14-10/h3-8H,9H2,1H3. The molecule has 4 nitrogen and oxygen atoms in total. The van der Waals surface area contributed by atoms with Gasteiger partial charge in [0, 0.05) is 6.20 Å². The van der Waals surface area contributed by atoms with Crippen LogP contribution in [-0.2, 0) is 6.61 Å². The van der Waals surface area contributed by atoms with E-state index < -0.39 is 0 Å². The van der Waals surface area contributed by atoms with Crippen LogP contribution in [0.15, 0.2) is 36.5 Å². The van der Waals surface area contributed by atoms with Crippen LogP contribution in [0.2, 0.25) is 0 Å². The molecule has 0 spiro atoms. The van der Waals surface area contributed by atoms with Gasteiger partial charge in [-0.3, -0.25) is 0 Å². The summed E-state index contributed by atoms with van der Waals surface area (Å²) in [4.78, 5) is 0. The normalized spacial score (nSPS) is 9.81. The first-order chi connectivity index (χ1) is 7.90. The van der Waals surface area contributed by atoms with Crippen LogP contribution in [0.3, 0.4) is 0 Å². The number of aromatic nitrogens is 2. The molecule has 1 heterocycles. The van der Waals surface area contributed by atoms with E-state index in [1.807, 2.05) is 12.1 Å². The molecule has 0 N–H and O–H groups in total. The molecule has 0 bridgehead atoms. The molecule has 16 heavy (non-hydrogen) atoms. The Morgan fingerprint density at radius 3 is 3.00 bits per heavy atom. The third-order valence-electron chi connectivity index (χ3n) is 2.01. The highest BCUT2D eigenvalue weighted by Crippen LogP contribution is 2.25. The van der Waals surface area contributed by atoms with E-state index in [4.69, 9.17) is 9.47 Å². The zero-order valence-electron chi connectivity index (χ0n) is 8.88. The van der Waals surface area contributed by atoms with Gasteiger partial charge in [-0.2, -0.15) is 10.2 Å².